The van der Waals surface area contributed by atoms with E-state index in [1.807, 2.05) is 12.4 Å². The number of phenols is 1. The van der Waals surface area contributed by atoms with E-state index in [4.69, 9.17) is 4.84 Å². The first-order valence-corrected chi connectivity index (χ1v) is 5.29. The normalized spacial score (nSPS) is 18.9. The van der Waals surface area contributed by atoms with Crippen molar-refractivity contribution in [1.82, 2.24) is 5.48 Å². The summed E-state index contributed by atoms with van der Waals surface area (Å²) in [6.45, 7) is 1.88. The molecule has 1 atom stereocenters. The smallest absolute Gasteiger partial charge is 0.411 e. The van der Waals surface area contributed by atoms with E-state index in [2.05, 4.69) is 0 Å². The van der Waals surface area contributed by atoms with Crippen LogP contribution < -0.4 is 10.3 Å². The summed E-state index contributed by atoms with van der Waals surface area (Å²) < 4.78 is 38.0. The van der Waals surface area contributed by atoms with Crippen molar-refractivity contribution < 1.29 is 23.1 Å². The second kappa shape index (κ2) is 4.10. The fourth-order valence-corrected chi connectivity index (χ4v) is 1.90. The maximum atomic E-state index is 12.7. The van der Waals surface area contributed by atoms with Crippen LogP contribution >= 0.6 is 0 Å². The van der Waals surface area contributed by atoms with Crippen LogP contribution in [0.25, 0.3) is 0 Å². The van der Waals surface area contributed by atoms with E-state index in [0.29, 0.717) is 18.4 Å². The summed E-state index contributed by atoms with van der Waals surface area (Å²) in [5.74, 6) is 0.0735. The summed E-state index contributed by atoms with van der Waals surface area (Å²) in [5.41, 5.74) is 2.40. The van der Waals surface area contributed by atoms with Crippen molar-refractivity contribution in [3.05, 3.63) is 23.3 Å². The minimum atomic E-state index is -4.41. The van der Waals surface area contributed by atoms with Crippen LogP contribution in [0, 0.1) is 0 Å². The first kappa shape index (κ1) is 12.0. The number of fused-ring (bicyclic) bond motifs is 1. The van der Waals surface area contributed by atoms with Crippen LogP contribution in [0.3, 0.4) is 0 Å². The molecule has 0 spiro atoms. The molecule has 0 bridgehead atoms. The maximum Gasteiger partial charge on any atom is 0.411 e. The van der Waals surface area contributed by atoms with Crippen LogP contribution in [-0.2, 0) is 6.42 Å². The van der Waals surface area contributed by atoms with E-state index >= 15 is 0 Å². The van der Waals surface area contributed by atoms with E-state index in [-0.39, 0.29) is 17.1 Å². The van der Waals surface area contributed by atoms with Gasteiger partial charge in [0.1, 0.15) is 5.75 Å². The monoisotopic (exact) mass is 247 g/mol. The third-order valence-corrected chi connectivity index (χ3v) is 2.68. The molecule has 3 nitrogen and oxygen atoms in total. The highest BCUT2D eigenvalue weighted by Crippen LogP contribution is 2.45. The maximum absolute atomic E-state index is 12.7. The van der Waals surface area contributed by atoms with E-state index in [0.717, 1.165) is 0 Å². The molecule has 1 heterocycles. The molecule has 0 fully saturated rings. The minimum Gasteiger partial charge on any atom is -0.508 e. The minimum absolute atomic E-state index is 0.0266. The third kappa shape index (κ3) is 2.04. The SMILES string of the molecule is CCCc1c(O)ccc2c1ONC2C(F)(F)F. The van der Waals surface area contributed by atoms with Gasteiger partial charge in [-0.2, -0.15) is 13.2 Å². The Morgan fingerprint density at radius 1 is 1.41 bits per heavy atom. The summed E-state index contributed by atoms with van der Waals surface area (Å²) in [5, 5.41) is 9.61. The van der Waals surface area contributed by atoms with E-state index < -0.39 is 12.2 Å². The number of alkyl halides is 3. The van der Waals surface area contributed by atoms with Gasteiger partial charge in [0.15, 0.2) is 11.8 Å². The van der Waals surface area contributed by atoms with Gasteiger partial charge in [-0.05, 0) is 18.6 Å². The third-order valence-electron chi connectivity index (χ3n) is 2.68. The van der Waals surface area contributed by atoms with Gasteiger partial charge >= 0.3 is 6.18 Å². The van der Waals surface area contributed by atoms with E-state index in [1.54, 1.807) is 0 Å². The van der Waals surface area contributed by atoms with Crippen LogP contribution in [0.15, 0.2) is 12.1 Å². The quantitative estimate of drug-likeness (QED) is 0.844. The number of halogens is 3. The van der Waals surface area contributed by atoms with E-state index in [1.165, 1.54) is 12.1 Å². The van der Waals surface area contributed by atoms with Gasteiger partial charge in [-0.25, -0.2) is 0 Å². The van der Waals surface area contributed by atoms with Crippen molar-refractivity contribution in [1.29, 1.82) is 0 Å². The Hall–Kier alpha value is -1.43. The molecule has 1 unspecified atom stereocenters. The predicted molar refractivity (Wildman–Crippen MR) is 54.7 cm³/mol. The number of hydroxylamine groups is 1. The molecule has 1 aliphatic heterocycles. The Morgan fingerprint density at radius 3 is 2.71 bits per heavy atom. The van der Waals surface area contributed by atoms with Crippen LogP contribution in [0.2, 0.25) is 0 Å². The summed E-state index contributed by atoms with van der Waals surface area (Å²) >= 11 is 0. The van der Waals surface area contributed by atoms with Crippen molar-refractivity contribution in [3.63, 3.8) is 0 Å². The number of hydrogen-bond acceptors (Lipinski definition) is 3. The van der Waals surface area contributed by atoms with Crippen molar-refractivity contribution in [2.45, 2.75) is 32.0 Å². The molecule has 17 heavy (non-hydrogen) atoms. The van der Waals surface area contributed by atoms with E-state index in [9.17, 15) is 18.3 Å². The number of aromatic hydroxyl groups is 1. The zero-order chi connectivity index (χ0) is 12.6. The highest BCUT2D eigenvalue weighted by molar-refractivity contribution is 5.52. The molecule has 0 saturated carbocycles. The first-order valence-electron chi connectivity index (χ1n) is 5.29. The highest BCUT2D eigenvalue weighted by atomic mass is 19.4. The second-order valence-electron chi connectivity index (χ2n) is 3.93. The average Bonchev–Trinajstić information content (AvgIpc) is 2.65. The number of phenolic OH excluding ortho intramolecular Hbond substituents is 1. The predicted octanol–water partition coefficient (Wildman–Crippen LogP) is 2.85. The van der Waals surface area contributed by atoms with Crippen LogP contribution in [0.4, 0.5) is 13.2 Å². The summed E-state index contributed by atoms with van der Waals surface area (Å²) in [6, 6.07) is 0.690. The Balaban J connectivity index is 2.45. The Bertz CT molecular complexity index is 431. The fourth-order valence-electron chi connectivity index (χ4n) is 1.90. The number of rotatable bonds is 2. The Kier molecular flexibility index (Phi) is 2.91. The zero-order valence-corrected chi connectivity index (χ0v) is 9.14. The van der Waals surface area contributed by atoms with Gasteiger partial charge in [0, 0.05) is 11.1 Å². The van der Waals surface area contributed by atoms with Crippen molar-refractivity contribution >= 4 is 0 Å². The van der Waals surface area contributed by atoms with Gasteiger partial charge in [0.2, 0.25) is 0 Å². The molecule has 2 rings (SSSR count). The average molecular weight is 247 g/mol. The van der Waals surface area contributed by atoms with Gasteiger partial charge < -0.3 is 9.94 Å². The van der Waals surface area contributed by atoms with Gasteiger partial charge in [0.05, 0.1) is 0 Å². The molecular formula is C11H12F3NO2. The fraction of sp³-hybridized carbons (Fsp3) is 0.455. The molecule has 0 aliphatic carbocycles. The Morgan fingerprint density at radius 2 is 2.12 bits per heavy atom. The summed E-state index contributed by atoms with van der Waals surface area (Å²) in [6.07, 6.45) is -3.23. The summed E-state index contributed by atoms with van der Waals surface area (Å²) in [4.78, 5) is 4.87. The van der Waals surface area contributed by atoms with Crippen molar-refractivity contribution in [2.24, 2.45) is 0 Å². The molecule has 2 N–H and O–H groups in total. The molecule has 0 radical (unpaired) electrons. The topological polar surface area (TPSA) is 41.5 Å². The van der Waals surface area contributed by atoms with Crippen molar-refractivity contribution in [2.75, 3.05) is 0 Å². The molecule has 0 saturated heterocycles. The van der Waals surface area contributed by atoms with Crippen molar-refractivity contribution in [3.8, 4) is 11.5 Å². The molecule has 1 aromatic carbocycles. The lowest BCUT2D eigenvalue weighted by Crippen LogP contribution is -2.30. The van der Waals surface area contributed by atoms with Gasteiger partial charge in [-0.15, -0.1) is 5.48 Å². The standard InChI is InChI=1S/C11H12F3NO2/c1-2-3-6-8(16)5-4-7-9(6)17-15-10(7)11(12,13)14/h4-5,10,15-16H,2-3H2,1H3. The summed E-state index contributed by atoms with van der Waals surface area (Å²) in [7, 11) is 0. The molecular weight excluding hydrogens is 235 g/mol. The molecule has 1 aromatic rings. The lowest BCUT2D eigenvalue weighted by Gasteiger charge is -2.13. The lowest BCUT2D eigenvalue weighted by molar-refractivity contribution is -0.167. The Labute approximate surface area is 96.2 Å². The first-order chi connectivity index (χ1) is 7.95. The molecule has 0 amide bonds. The number of nitrogens with one attached hydrogen (secondary N) is 1. The highest BCUT2D eigenvalue weighted by Gasteiger charge is 2.46. The van der Waals surface area contributed by atoms with Crippen LogP contribution in [0.1, 0.15) is 30.5 Å². The second-order valence-corrected chi connectivity index (χ2v) is 3.93. The van der Waals surface area contributed by atoms with Gasteiger partial charge in [0.25, 0.3) is 0 Å². The van der Waals surface area contributed by atoms with Gasteiger partial charge in [-0.1, -0.05) is 13.3 Å². The van der Waals surface area contributed by atoms with Gasteiger partial charge in [-0.3, -0.25) is 0 Å². The number of benzene rings is 1. The van der Waals surface area contributed by atoms with Crippen LogP contribution in [-0.4, -0.2) is 11.3 Å². The lowest BCUT2D eigenvalue weighted by atomic mass is 10.00. The largest absolute Gasteiger partial charge is 0.508 e. The molecule has 94 valence electrons. The number of hydrogen-bond donors (Lipinski definition) is 2. The molecule has 0 aromatic heterocycles. The molecule has 6 heteroatoms. The zero-order valence-electron chi connectivity index (χ0n) is 9.14. The molecule has 1 aliphatic rings. The van der Waals surface area contributed by atoms with Crippen LogP contribution in [0.5, 0.6) is 11.5 Å².